The van der Waals surface area contributed by atoms with Gasteiger partial charge in [-0.15, -0.1) is 0 Å². The van der Waals surface area contributed by atoms with Gasteiger partial charge in [0.05, 0.1) is 24.9 Å². The van der Waals surface area contributed by atoms with Crippen molar-refractivity contribution in [1.82, 2.24) is 9.88 Å². The van der Waals surface area contributed by atoms with Gasteiger partial charge in [-0.1, -0.05) is 42.5 Å². The number of H-pyrrole nitrogens is 1. The van der Waals surface area contributed by atoms with Gasteiger partial charge in [0.1, 0.15) is 11.6 Å². The number of pyridine rings is 1. The Hall–Kier alpha value is -3.71. The number of aryl methyl sites for hydroxylation is 1. The molecule has 0 fully saturated rings. The molecule has 0 saturated carbocycles. The van der Waals surface area contributed by atoms with Crippen LogP contribution in [0.25, 0.3) is 10.9 Å². The first-order valence-electron chi connectivity index (χ1n) is 10.5. The largest absolute Gasteiger partial charge is 0.495 e. The number of nitrogens with zero attached hydrogens (tertiary/aromatic N) is 1. The third-order valence-corrected chi connectivity index (χ3v) is 5.81. The first-order chi connectivity index (χ1) is 15.9. The van der Waals surface area contributed by atoms with Crippen LogP contribution < -0.4 is 15.6 Å². The van der Waals surface area contributed by atoms with Crippen molar-refractivity contribution in [2.75, 3.05) is 12.4 Å². The maximum Gasteiger partial charge on any atom is 0.253 e. The van der Waals surface area contributed by atoms with Gasteiger partial charge in [-0.25, -0.2) is 4.39 Å². The van der Waals surface area contributed by atoms with Crippen molar-refractivity contribution in [2.45, 2.75) is 20.0 Å². The van der Waals surface area contributed by atoms with Crippen molar-refractivity contribution in [2.24, 2.45) is 0 Å². The first kappa shape index (κ1) is 22.5. The number of halogens is 1. The fourth-order valence-electron chi connectivity index (χ4n) is 3.70. The van der Waals surface area contributed by atoms with Gasteiger partial charge >= 0.3 is 0 Å². The zero-order valence-corrected chi connectivity index (χ0v) is 19.2. The molecule has 5 nitrogen and oxygen atoms in total. The molecule has 0 aliphatic rings. The molecule has 4 aromatic rings. The predicted molar refractivity (Wildman–Crippen MR) is 134 cm³/mol. The summed E-state index contributed by atoms with van der Waals surface area (Å²) in [7, 11) is 1.59. The van der Waals surface area contributed by atoms with Gasteiger partial charge in [0.25, 0.3) is 5.56 Å². The SMILES string of the molecule is COc1ccccc1NC(=S)N(Cc1ccc(F)cc1)Cc1cc2cccc(C)c2[nH]c1=O. The molecule has 2 N–H and O–H groups in total. The fourth-order valence-corrected chi connectivity index (χ4v) is 3.94. The molecule has 168 valence electrons. The molecule has 0 radical (unpaired) electrons. The minimum atomic E-state index is -0.304. The van der Waals surface area contributed by atoms with Crippen molar-refractivity contribution in [3.05, 3.63) is 106 Å². The Morgan fingerprint density at radius 3 is 2.58 bits per heavy atom. The molecule has 0 aliphatic heterocycles. The number of ether oxygens (including phenoxy) is 1. The van der Waals surface area contributed by atoms with E-state index in [2.05, 4.69) is 10.3 Å². The summed E-state index contributed by atoms with van der Waals surface area (Å²) in [5.41, 5.74) is 3.84. The highest BCUT2D eigenvalue weighted by atomic mass is 32.1. The van der Waals surface area contributed by atoms with E-state index in [4.69, 9.17) is 17.0 Å². The molecule has 33 heavy (non-hydrogen) atoms. The third-order valence-electron chi connectivity index (χ3n) is 5.45. The minimum Gasteiger partial charge on any atom is -0.495 e. The average molecular weight is 462 g/mol. The van der Waals surface area contributed by atoms with Gasteiger partial charge in [0.15, 0.2) is 5.11 Å². The van der Waals surface area contributed by atoms with E-state index in [-0.39, 0.29) is 17.9 Å². The molecular formula is C26H24FN3O2S. The Morgan fingerprint density at radius 2 is 1.82 bits per heavy atom. The molecule has 0 unspecified atom stereocenters. The Kier molecular flexibility index (Phi) is 6.70. The van der Waals surface area contributed by atoms with E-state index in [0.717, 1.165) is 27.7 Å². The van der Waals surface area contributed by atoms with Crippen LogP contribution in [0.1, 0.15) is 16.7 Å². The molecule has 0 atom stereocenters. The van der Waals surface area contributed by atoms with E-state index in [0.29, 0.717) is 23.0 Å². The first-order valence-corrected chi connectivity index (χ1v) is 10.9. The molecule has 3 aromatic carbocycles. The summed E-state index contributed by atoms with van der Waals surface area (Å²) in [5, 5.41) is 4.60. The number of hydrogen-bond acceptors (Lipinski definition) is 3. The number of anilines is 1. The summed E-state index contributed by atoms with van der Waals surface area (Å²) < 4.78 is 18.8. The summed E-state index contributed by atoms with van der Waals surface area (Å²) in [6.07, 6.45) is 0. The Morgan fingerprint density at radius 1 is 1.06 bits per heavy atom. The molecule has 4 rings (SSSR count). The van der Waals surface area contributed by atoms with E-state index >= 15 is 0 Å². The number of aromatic amines is 1. The molecule has 0 bridgehead atoms. The second-order valence-corrected chi connectivity index (χ2v) is 8.16. The van der Waals surface area contributed by atoms with E-state index in [1.807, 2.05) is 60.4 Å². The van der Waals surface area contributed by atoms with E-state index < -0.39 is 0 Å². The van der Waals surface area contributed by atoms with E-state index in [1.165, 1.54) is 12.1 Å². The molecule has 0 amide bonds. The predicted octanol–water partition coefficient (Wildman–Crippen LogP) is 5.38. The lowest BCUT2D eigenvalue weighted by Gasteiger charge is -2.26. The molecule has 1 aromatic heterocycles. The number of para-hydroxylation sites is 3. The van der Waals surface area contributed by atoms with Gasteiger partial charge in [0.2, 0.25) is 0 Å². The maximum absolute atomic E-state index is 13.4. The summed E-state index contributed by atoms with van der Waals surface area (Å²) in [5.74, 6) is 0.349. The Balaban J connectivity index is 1.67. The van der Waals surface area contributed by atoms with Crippen molar-refractivity contribution >= 4 is 33.9 Å². The van der Waals surface area contributed by atoms with Crippen LogP contribution in [-0.4, -0.2) is 22.1 Å². The quantitative estimate of drug-likeness (QED) is 0.378. The summed E-state index contributed by atoms with van der Waals surface area (Å²) in [4.78, 5) is 17.8. The van der Waals surface area contributed by atoms with E-state index in [9.17, 15) is 9.18 Å². The van der Waals surface area contributed by atoms with Crippen LogP contribution in [0.3, 0.4) is 0 Å². The summed E-state index contributed by atoms with van der Waals surface area (Å²) in [6, 6.07) is 21.5. The lowest BCUT2D eigenvalue weighted by Crippen LogP contribution is -2.35. The standard InChI is InChI=1S/C26H24FN3O2S/c1-17-6-5-7-19-14-20(25(31)29-24(17)19)16-30(15-18-10-12-21(27)13-11-18)26(33)28-22-8-3-4-9-23(22)32-2/h3-14H,15-16H2,1-2H3,(H,28,33)(H,29,31). The molecule has 1 heterocycles. The number of methoxy groups -OCH3 is 1. The highest BCUT2D eigenvalue weighted by molar-refractivity contribution is 7.80. The molecule has 0 spiro atoms. The number of rotatable bonds is 6. The van der Waals surface area contributed by atoms with Crippen LogP contribution >= 0.6 is 12.2 Å². The second kappa shape index (κ2) is 9.83. The van der Waals surface area contributed by atoms with Crippen molar-refractivity contribution in [3.63, 3.8) is 0 Å². The molecule has 7 heteroatoms. The minimum absolute atomic E-state index is 0.166. The van der Waals surface area contributed by atoms with Crippen molar-refractivity contribution < 1.29 is 9.13 Å². The number of fused-ring (bicyclic) bond motifs is 1. The number of thiocarbonyl (C=S) groups is 1. The topological polar surface area (TPSA) is 57.4 Å². The van der Waals surface area contributed by atoms with Gasteiger partial charge in [0, 0.05) is 12.1 Å². The van der Waals surface area contributed by atoms with Gasteiger partial charge in [-0.2, -0.15) is 0 Å². The summed E-state index contributed by atoms with van der Waals surface area (Å²) >= 11 is 5.72. The van der Waals surface area contributed by atoms with Gasteiger partial charge in [-0.05, 0) is 66.0 Å². The maximum atomic E-state index is 13.4. The second-order valence-electron chi connectivity index (χ2n) is 7.78. The monoisotopic (exact) mass is 461 g/mol. The van der Waals surface area contributed by atoms with Crippen LogP contribution in [0.15, 0.2) is 77.6 Å². The Labute approximate surface area is 196 Å². The van der Waals surface area contributed by atoms with Crippen LogP contribution in [-0.2, 0) is 13.1 Å². The molecular weight excluding hydrogens is 437 g/mol. The van der Waals surface area contributed by atoms with Crippen LogP contribution in [0.2, 0.25) is 0 Å². The number of hydrogen-bond donors (Lipinski definition) is 2. The molecule has 0 aliphatic carbocycles. The zero-order chi connectivity index (χ0) is 23.4. The van der Waals surface area contributed by atoms with Crippen LogP contribution in [0, 0.1) is 12.7 Å². The zero-order valence-electron chi connectivity index (χ0n) is 18.4. The number of benzene rings is 3. The third kappa shape index (κ3) is 5.21. The lowest BCUT2D eigenvalue weighted by molar-refractivity contribution is 0.407. The smallest absolute Gasteiger partial charge is 0.253 e. The van der Waals surface area contributed by atoms with E-state index in [1.54, 1.807) is 19.2 Å². The van der Waals surface area contributed by atoms with Gasteiger partial charge < -0.3 is 19.9 Å². The fraction of sp³-hybridized carbons (Fsp3) is 0.154. The normalized spacial score (nSPS) is 10.8. The number of aromatic nitrogens is 1. The van der Waals surface area contributed by atoms with Crippen molar-refractivity contribution in [3.8, 4) is 5.75 Å². The lowest BCUT2D eigenvalue weighted by atomic mass is 10.1. The number of nitrogens with one attached hydrogen (secondary N) is 2. The summed E-state index contributed by atoms with van der Waals surface area (Å²) in [6.45, 7) is 2.63. The molecule has 0 saturated heterocycles. The highest BCUT2D eigenvalue weighted by Gasteiger charge is 2.16. The van der Waals surface area contributed by atoms with Crippen LogP contribution in [0.5, 0.6) is 5.75 Å². The van der Waals surface area contributed by atoms with Crippen LogP contribution in [0.4, 0.5) is 10.1 Å². The van der Waals surface area contributed by atoms with Crippen molar-refractivity contribution in [1.29, 1.82) is 0 Å². The van der Waals surface area contributed by atoms with Gasteiger partial charge in [-0.3, -0.25) is 4.79 Å². The average Bonchev–Trinajstić information content (AvgIpc) is 2.81. The highest BCUT2D eigenvalue weighted by Crippen LogP contribution is 2.24. The Bertz CT molecular complexity index is 1350.